The Bertz CT molecular complexity index is 217. The Labute approximate surface area is 83.0 Å². The van der Waals surface area contributed by atoms with Gasteiger partial charge in [-0.1, -0.05) is 0 Å². The maximum atomic E-state index is 11.3. The van der Waals surface area contributed by atoms with Crippen molar-refractivity contribution in [3.8, 4) is 0 Å². The maximum absolute atomic E-state index is 11.3. The molecule has 0 N–H and O–H groups in total. The highest BCUT2D eigenvalue weighted by Crippen LogP contribution is 2.27. The zero-order valence-corrected chi connectivity index (χ0v) is 8.65. The first-order valence-corrected chi connectivity index (χ1v) is 4.68. The summed E-state index contributed by atoms with van der Waals surface area (Å²) in [6.07, 6.45) is 0. The molecular formula is C9H15NO4. The van der Waals surface area contributed by atoms with Crippen molar-refractivity contribution in [2.45, 2.75) is 25.9 Å². The number of carbonyl (C=O) groups is 2. The maximum Gasteiger partial charge on any atom is 0.325 e. The number of hydrogen-bond acceptors (Lipinski definition) is 5. The molecule has 0 aromatic rings. The quantitative estimate of drug-likeness (QED) is 0.465. The highest BCUT2D eigenvalue weighted by Gasteiger charge is 2.56. The summed E-state index contributed by atoms with van der Waals surface area (Å²) >= 11 is 0. The fourth-order valence-corrected chi connectivity index (χ4v) is 1.38. The summed E-state index contributed by atoms with van der Waals surface area (Å²) in [6, 6.07) is -0.900. The zero-order chi connectivity index (χ0) is 10.7. The molecule has 0 saturated carbocycles. The van der Waals surface area contributed by atoms with Crippen LogP contribution in [0, 0.1) is 0 Å². The lowest BCUT2D eigenvalue weighted by Crippen LogP contribution is -2.20. The standard InChI is InChI=1S/C9H15NO4/c1-4-13-8(11)6-7(10(6)3)9(12)14-5-2/h6-7H,4-5H2,1-3H3/t6-,7-/m0/s1. The highest BCUT2D eigenvalue weighted by atomic mass is 16.5. The van der Waals surface area contributed by atoms with Crippen LogP contribution in [-0.2, 0) is 19.1 Å². The first-order chi connectivity index (χ1) is 6.63. The van der Waals surface area contributed by atoms with Crippen molar-refractivity contribution in [3.05, 3.63) is 0 Å². The van der Waals surface area contributed by atoms with E-state index in [4.69, 9.17) is 9.47 Å². The van der Waals surface area contributed by atoms with Crippen molar-refractivity contribution >= 4 is 11.9 Å². The van der Waals surface area contributed by atoms with Gasteiger partial charge in [-0.2, -0.15) is 0 Å². The molecule has 5 heteroatoms. The van der Waals surface area contributed by atoms with Crippen LogP contribution in [0.3, 0.4) is 0 Å². The number of likely N-dealkylation sites (N-methyl/N-ethyl adjacent to an activating group) is 1. The van der Waals surface area contributed by atoms with Crippen molar-refractivity contribution in [3.63, 3.8) is 0 Å². The molecule has 1 aliphatic heterocycles. The van der Waals surface area contributed by atoms with E-state index >= 15 is 0 Å². The van der Waals surface area contributed by atoms with Gasteiger partial charge in [0.1, 0.15) is 12.1 Å². The number of hydrogen-bond donors (Lipinski definition) is 0. The first-order valence-electron chi connectivity index (χ1n) is 4.68. The van der Waals surface area contributed by atoms with Crippen molar-refractivity contribution in [2.24, 2.45) is 0 Å². The Hall–Kier alpha value is -1.10. The summed E-state index contributed by atoms with van der Waals surface area (Å²) in [5, 5.41) is 0. The molecule has 80 valence electrons. The molecule has 1 saturated heterocycles. The van der Waals surface area contributed by atoms with E-state index in [-0.39, 0.29) is 11.9 Å². The fourth-order valence-electron chi connectivity index (χ4n) is 1.38. The second-order valence-corrected chi connectivity index (χ2v) is 3.06. The van der Waals surface area contributed by atoms with Crippen LogP contribution in [0.2, 0.25) is 0 Å². The summed E-state index contributed by atoms with van der Waals surface area (Å²) in [5.41, 5.74) is 0. The highest BCUT2D eigenvalue weighted by molar-refractivity contribution is 5.92. The SMILES string of the molecule is CCOC(=O)[C@@H]1[C@@H](C(=O)OCC)N1C. The van der Waals surface area contributed by atoms with E-state index in [2.05, 4.69) is 0 Å². The second kappa shape index (κ2) is 4.41. The number of rotatable bonds is 4. The summed E-state index contributed by atoms with van der Waals surface area (Å²) in [5.74, 6) is -0.707. The van der Waals surface area contributed by atoms with E-state index in [9.17, 15) is 9.59 Å². The van der Waals surface area contributed by atoms with E-state index in [1.54, 1.807) is 25.8 Å². The smallest absolute Gasteiger partial charge is 0.325 e. The van der Waals surface area contributed by atoms with Crippen molar-refractivity contribution in [1.82, 2.24) is 4.90 Å². The summed E-state index contributed by atoms with van der Waals surface area (Å²) in [6.45, 7) is 4.14. The molecule has 2 atom stereocenters. The molecule has 0 unspecified atom stereocenters. The number of ether oxygens (including phenoxy) is 2. The minimum atomic E-state index is -0.450. The van der Waals surface area contributed by atoms with Gasteiger partial charge in [-0.25, -0.2) is 0 Å². The van der Waals surface area contributed by atoms with Crippen molar-refractivity contribution < 1.29 is 19.1 Å². The molecule has 0 bridgehead atoms. The van der Waals surface area contributed by atoms with Gasteiger partial charge in [0.2, 0.25) is 0 Å². The normalized spacial score (nSPS) is 29.5. The van der Waals surface area contributed by atoms with Gasteiger partial charge in [0.05, 0.1) is 13.2 Å². The van der Waals surface area contributed by atoms with Crippen LogP contribution < -0.4 is 0 Å². The van der Waals surface area contributed by atoms with E-state index in [1.165, 1.54) is 0 Å². The van der Waals surface area contributed by atoms with Crippen molar-refractivity contribution in [1.29, 1.82) is 0 Å². The predicted octanol–water partition coefficient (Wildman–Crippen LogP) is -0.205. The van der Waals surface area contributed by atoms with Gasteiger partial charge in [-0.3, -0.25) is 14.5 Å². The lowest BCUT2D eigenvalue weighted by molar-refractivity contribution is -0.147. The van der Waals surface area contributed by atoms with Crippen LogP contribution in [0.5, 0.6) is 0 Å². The number of carbonyl (C=O) groups excluding carboxylic acids is 2. The van der Waals surface area contributed by atoms with E-state index in [1.807, 2.05) is 0 Å². The van der Waals surface area contributed by atoms with Crippen LogP contribution in [0.15, 0.2) is 0 Å². The molecule has 0 spiro atoms. The van der Waals surface area contributed by atoms with Crippen LogP contribution >= 0.6 is 0 Å². The molecule has 0 aliphatic carbocycles. The van der Waals surface area contributed by atoms with Gasteiger partial charge in [-0.05, 0) is 20.9 Å². The summed E-state index contributed by atoms with van der Waals surface area (Å²) in [4.78, 5) is 24.2. The number of nitrogens with zero attached hydrogens (tertiary/aromatic N) is 1. The molecule has 5 nitrogen and oxygen atoms in total. The lowest BCUT2D eigenvalue weighted by Gasteiger charge is -1.99. The fraction of sp³-hybridized carbons (Fsp3) is 0.778. The predicted molar refractivity (Wildman–Crippen MR) is 48.6 cm³/mol. The molecule has 1 fully saturated rings. The second-order valence-electron chi connectivity index (χ2n) is 3.06. The van der Waals surface area contributed by atoms with E-state index in [0.717, 1.165) is 0 Å². The minimum Gasteiger partial charge on any atom is -0.465 e. The molecule has 1 aliphatic rings. The summed E-state index contributed by atoms with van der Waals surface area (Å²) in [7, 11) is 1.70. The molecule has 14 heavy (non-hydrogen) atoms. The Morgan fingerprint density at radius 3 is 1.71 bits per heavy atom. The van der Waals surface area contributed by atoms with Crippen LogP contribution in [-0.4, -0.2) is 49.2 Å². The average Bonchev–Trinajstić information content (AvgIpc) is 2.78. The molecule has 1 rings (SSSR count). The van der Waals surface area contributed by atoms with Crippen molar-refractivity contribution in [2.75, 3.05) is 20.3 Å². The average molecular weight is 201 g/mol. The molecule has 1 heterocycles. The number of esters is 2. The topological polar surface area (TPSA) is 55.6 Å². The van der Waals surface area contributed by atoms with E-state index < -0.39 is 12.1 Å². The Balaban J connectivity index is 2.45. The third-order valence-electron chi connectivity index (χ3n) is 2.14. The third kappa shape index (κ3) is 2.04. The lowest BCUT2D eigenvalue weighted by atomic mass is 10.3. The Kier molecular flexibility index (Phi) is 3.46. The van der Waals surface area contributed by atoms with Crippen LogP contribution in [0.25, 0.3) is 0 Å². The van der Waals surface area contributed by atoms with Crippen LogP contribution in [0.4, 0.5) is 0 Å². The monoisotopic (exact) mass is 201 g/mol. The minimum absolute atomic E-state index is 0.332. The first kappa shape index (κ1) is 11.0. The van der Waals surface area contributed by atoms with Gasteiger partial charge in [0, 0.05) is 0 Å². The Morgan fingerprint density at radius 2 is 1.43 bits per heavy atom. The van der Waals surface area contributed by atoms with Gasteiger partial charge >= 0.3 is 11.9 Å². The third-order valence-corrected chi connectivity index (χ3v) is 2.14. The van der Waals surface area contributed by atoms with E-state index in [0.29, 0.717) is 13.2 Å². The van der Waals surface area contributed by atoms with Gasteiger partial charge in [0.25, 0.3) is 0 Å². The van der Waals surface area contributed by atoms with Gasteiger partial charge in [-0.15, -0.1) is 0 Å². The molecule has 0 amide bonds. The summed E-state index contributed by atoms with van der Waals surface area (Å²) < 4.78 is 9.61. The van der Waals surface area contributed by atoms with Gasteiger partial charge < -0.3 is 9.47 Å². The molecular weight excluding hydrogens is 186 g/mol. The van der Waals surface area contributed by atoms with Gasteiger partial charge in [0.15, 0.2) is 0 Å². The zero-order valence-electron chi connectivity index (χ0n) is 8.65. The Morgan fingerprint density at radius 1 is 1.07 bits per heavy atom. The molecule has 0 aromatic heterocycles. The largest absolute Gasteiger partial charge is 0.465 e. The van der Waals surface area contributed by atoms with Crippen LogP contribution in [0.1, 0.15) is 13.8 Å². The molecule has 0 radical (unpaired) electrons. The molecule has 0 aromatic carbocycles.